The van der Waals surface area contributed by atoms with E-state index in [2.05, 4.69) is 9.97 Å². The number of nitrogens with zero attached hydrogens (tertiary/aromatic N) is 2. The van der Waals surface area contributed by atoms with Gasteiger partial charge in [-0.3, -0.25) is 0 Å². The summed E-state index contributed by atoms with van der Waals surface area (Å²) in [6, 6.07) is 0.433. The minimum Gasteiger partial charge on any atom is -0.459 e. The lowest BCUT2D eigenvalue weighted by atomic mass is 9.81. The summed E-state index contributed by atoms with van der Waals surface area (Å²) in [5.41, 5.74) is 0.115. The summed E-state index contributed by atoms with van der Waals surface area (Å²) >= 11 is 1.90. The van der Waals surface area contributed by atoms with E-state index in [-0.39, 0.29) is 17.3 Å². The summed E-state index contributed by atoms with van der Waals surface area (Å²) in [6.45, 7) is 8.12. The van der Waals surface area contributed by atoms with Crippen LogP contribution in [0.5, 0.6) is 6.01 Å². The molecule has 3 heterocycles. The lowest BCUT2D eigenvalue weighted by Gasteiger charge is -2.32. The first-order valence-electron chi connectivity index (χ1n) is 7.29. The maximum atomic E-state index is 5.98. The van der Waals surface area contributed by atoms with Crippen LogP contribution in [0.15, 0.2) is 12.4 Å². The van der Waals surface area contributed by atoms with E-state index in [0.717, 1.165) is 23.4 Å². The molecule has 3 rings (SSSR count). The molecular formula is C14H21BN2O3S. The number of hydrogen-bond acceptors (Lipinski definition) is 6. The zero-order valence-corrected chi connectivity index (χ0v) is 13.8. The Morgan fingerprint density at radius 2 is 1.81 bits per heavy atom. The molecule has 2 fully saturated rings. The number of thioether (sulfide) groups is 1. The van der Waals surface area contributed by atoms with Crippen LogP contribution in [0.3, 0.4) is 0 Å². The van der Waals surface area contributed by atoms with E-state index in [0.29, 0.717) is 6.01 Å². The van der Waals surface area contributed by atoms with Gasteiger partial charge < -0.3 is 14.0 Å². The summed E-state index contributed by atoms with van der Waals surface area (Å²) in [6.07, 6.45) is 4.75. The molecule has 1 aromatic heterocycles. The number of hydrogen-bond donors (Lipinski definition) is 0. The normalized spacial score (nSPS) is 27.0. The Labute approximate surface area is 130 Å². The molecule has 0 radical (unpaired) electrons. The topological polar surface area (TPSA) is 53.5 Å². The van der Waals surface area contributed by atoms with Gasteiger partial charge in [0.15, 0.2) is 0 Å². The third-order valence-electron chi connectivity index (χ3n) is 4.33. The highest BCUT2D eigenvalue weighted by Gasteiger charge is 2.51. The minimum atomic E-state index is -0.425. The Bertz CT molecular complexity index is 487. The van der Waals surface area contributed by atoms with E-state index in [1.54, 1.807) is 12.4 Å². The standard InChI is InChI=1S/C14H21BN2O3S/c1-13(2)14(3,4)20-15(19-13)10-7-16-12(17-8-10)18-11-5-6-21-9-11/h7-8,11H,5-6,9H2,1-4H3. The molecule has 0 spiro atoms. The van der Waals surface area contributed by atoms with Crippen molar-refractivity contribution in [2.45, 2.75) is 51.4 Å². The average Bonchev–Trinajstić information content (AvgIpc) is 2.97. The Kier molecular flexibility index (Phi) is 3.92. The van der Waals surface area contributed by atoms with E-state index >= 15 is 0 Å². The van der Waals surface area contributed by atoms with Gasteiger partial charge in [-0.05, 0) is 39.9 Å². The summed E-state index contributed by atoms with van der Waals surface area (Å²) in [5, 5.41) is 0. The smallest absolute Gasteiger partial charge is 0.459 e. The van der Waals surface area contributed by atoms with Crippen LogP contribution in [0.2, 0.25) is 0 Å². The molecular weight excluding hydrogens is 287 g/mol. The molecule has 0 N–H and O–H groups in total. The molecule has 1 aromatic rings. The van der Waals surface area contributed by atoms with E-state index in [4.69, 9.17) is 14.0 Å². The highest BCUT2D eigenvalue weighted by Crippen LogP contribution is 2.36. The molecule has 21 heavy (non-hydrogen) atoms. The lowest BCUT2D eigenvalue weighted by molar-refractivity contribution is 0.00578. The fraction of sp³-hybridized carbons (Fsp3) is 0.714. The summed E-state index contributed by atoms with van der Waals surface area (Å²) in [4.78, 5) is 8.56. The van der Waals surface area contributed by atoms with Gasteiger partial charge >= 0.3 is 13.1 Å². The van der Waals surface area contributed by atoms with Crippen LogP contribution in [-0.4, -0.2) is 45.9 Å². The molecule has 114 valence electrons. The highest BCUT2D eigenvalue weighted by molar-refractivity contribution is 7.99. The van der Waals surface area contributed by atoms with Crippen LogP contribution < -0.4 is 10.2 Å². The number of aromatic nitrogens is 2. The quantitative estimate of drug-likeness (QED) is 0.792. The second kappa shape index (κ2) is 5.45. The predicted molar refractivity (Wildman–Crippen MR) is 84.1 cm³/mol. The van der Waals surface area contributed by atoms with E-state index in [1.807, 2.05) is 39.5 Å². The molecule has 2 aliphatic heterocycles. The van der Waals surface area contributed by atoms with Crippen LogP contribution in [0.25, 0.3) is 0 Å². The van der Waals surface area contributed by atoms with Crippen molar-refractivity contribution in [2.24, 2.45) is 0 Å². The SMILES string of the molecule is CC1(C)OB(c2cnc(OC3CCSC3)nc2)OC1(C)C. The molecule has 0 aliphatic carbocycles. The van der Waals surface area contributed by atoms with Crippen molar-refractivity contribution in [1.29, 1.82) is 0 Å². The van der Waals surface area contributed by atoms with Crippen molar-refractivity contribution < 1.29 is 14.0 Å². The molecule has 0 aromatic carbocycles. The van der Waals surface area contributed by atoms with E-state index < -0.39 is 7.12 Å². The van der Waals surface area contributed by atoms with E-state index in [1.165, 1.54) is 0 Å². The Hall–Kier alpha value is -0.785. The maximum absolute atomic E-state index is 5.98. The average molecular weight is 308 g/mol. The molecule has 0 saturated carbocycles. The highest BCUT2D eigenvalue weighted by atomic mass is 32.2. The molecule has 5 nitrogen and oxygen atoms in total. The molecule has 0 amide bonds. The van der Waals surface area contributed by atoms with Gasteiger partial charge in [0.2, 0.25) is 0 Å². The molecule has 2 saturated heterocycles. The second-order valence-corrected chi connectivity index (χ2v) is 7.64. The van der Waals surface area contributed by atoms with Gasteiger partial charge in [0.05, 0.1) is 11.2 Å². The van der Waals surface area contributed by atoms with Crippen LogP contribution in [0.1, 0.15) is 34.1 Å². The first-order valence-corrected chi connectivity index (χ1v) is 8.45. The van der Waals surface area contributed by atoms with Crippen LogP contribution in [0, 0.1) is 0 Å². The second-order valence-electron chi connectivity index (χ2n) is 6.49. The van der Waals surface area contributed by atoms with Crippen molar-refractivity contribution in [1.82, 2.24) is 9.97 Å². The van der Waals surface area contributed by atoms with Gasteiger partial charge in [-0.1, -0.05) is 0 Å². The Morgan fingerprint density at radius 3 is 2.33 bits per heavy atom. The largest absolute Gasteiger partial charge is 0.498 e. The van der Waals surface area contributed by atoms with Gasteiger partial charge in [0.25, 0.3) is 0 Å². The van der Waals surface area contributed by atoms with Gasteiger partial charge in [-0.25, -0.2) is 9.97 Å². The summed E-state index contributed by atoms with van der Waals surface area (Å²) in [7, 11) is -0.425. The molecule has 1 atom stereocenters. The maximum Gasteiger partial charge on any atom is 0.498 e. The van der Waals surface area contributed by atoms with Gasteiger partial charge in [-0.2, -0.15) is 11.8 Å². The van der Waals surface area contributed by atoms with Gasteiger partial charge in [-0.15, -0.1) is 0 Å². The third-order valence-corrected chi connectivity index (χ3v) is 5.47. The van der Waals surface area contributed by atoms with Crippen LogP contribution in [0.4, 0.5) is 0 Å². The Morgan fingerprint density at radius 1 is 1.19 bits per heavy atom. The fourth-order valence-corrected chi connectivity index (χ4v) is 3.34. The van der Waals surface area contributed by atoms with Gasteiger partial charge in [0.1, 0.15) is 6.10 Å². The third kappa shape index (κ3) is 3.05. The molecule has 2 aliphatic rings. The molecule has 1 unspecified atom stereocenters. The van der Waals surface area contributed by atoms with Crippen LogP contribution in [-0.2, 0) is 9.31 Å². The van der Waals surface area contributed by atoms with Gasteiger partial charge in [0, 0.05) is 23.6 Å². The van der Waals surface area contributed by atoms with Crippen molar-refractivity contribution in [2.75, 3.05) is 11.5 Å². The monoisotopic (exact) mass is 308 g/mol. The summed E-state index contributed by atoms with van der Waals surface area (Å²) < 4.78 is 17.7. The minimum absolute atomic E-state index is 0.234. The first-order chi connectivity index (χ1) is 9.87. The molecule has 7 heteroatoms. The zero-order valence-electron chi connectivity index (χ0n) is 13.0. The Balaban J connectivity index is 1.67. The lowest BCUT2D eigenvalue weighted by Crippen LogP contribution is -2.41. The van der Waals surface area contributed by atoms with E-state index in [9.17, 15) is 0 Å². The molecule has 0 bridgehead atoms. The van der Waals surface area contributed by atoms with Crippen molar-refractivity contribution >= 4 is 24.3 Å². The fourth-order valence-electron chi connectivity index (χ4n) is 2.24. The zero-order chi connectivity index (χ0) is 15.1. The first kappa shape index (κ1) is 15.1. The number of ether oxygens (including phenoxy) is 1. The predicted octanol–water partition coefficient (Wildman–Crippen LogP) is 1.66. The number of rotatable bonds is 3. The summed E-state index contributed by atoms with van der Waals surface area (Å²) in [5.74, 6) is 2.17. The van der Waals surface area contributed by atoms with Crippen molar-refractivity contribution in [3.8, 4) is 6.01 Å². The van der Waals surface area contributed by atoms with Crippen LogP contribution >= 0.6 is 11.8 Å². The van der Waals surface area contributed by atoms with Crippen molar-refractivity contribution in [3.63, 3.8) is 0 Å². The van der Waals surface area contributed by atoms with Crippen molar-refractivity contribution in [3.05, 3.63) is 12.4 Å².